The number of amides is 1. The lowest BCUT2D eigenvalue weighted by atomic mass is 9.85. The van der Waals surface area contributed by atoms with Gasteiger partial charge in [-0.05, 0) is 13.3 Å². The minimum atomic E-state index is -0.523. The van der Waals surface area contributed by atoms with Crippen LogP contribution in [-0.2, 0) is 9.53 Å². The quantitative estimate of drug-likeness (QED) is 0.688. The van der Waals surface area contributed by atoms with Gasteiger partial charge in [-0.15, -0.1) is 0 Å². The van der Waals surface area contributed by atoms with E-state index in [1.807, 2.05) is 13.8 Å². The van der Waals surface area contributed by atoms with Crippen molar-refractivity contribution in [2.24, 2.45) is 11.1 Å². The molecular weight excluding hydrogens is 208 g/mol. The molecule has 1 amide bonds. The van der Waals surface area contributed by atoms with Gasteiger partial charge < -0.3 is 20.5 Å². The maximum Gasteiger partial charge on any atom is 0.230 e. The van der Waals surface area contributed by atoms with Gasteiger partial charge in [-0.2, -0.15) is 0 Å². The summed E-state index contributed by atoms with van der Waals surface area (Å²) in [7, 11) is 0. The molecule has 0 saturated carbocycles. The van der Waals surface area contributed by atoms with Crippen LogP contribution in [-0.4, -0.2) is 54.9 Å². The Bertz CT molecular complexity index is 241. The van der Waals surface area contributed by atoms with E-state index >= 15 is 0 Å². The highest BCUT2D eigenvalue weighted by molar-refractivity contribution is 5.83. The zero-order valence-corrected chi connectivity index (χ0v) is 10.1. The fraction of sp³-hybridized carbons (Fsp3) is 0.909. The number of aliphatic hydroxyl groups is 1. The largest absolute Gasteiger partial charge is 0.394 e. The molecule has 0 aliphatic carbocycles. The zero-order chi connectivity index (χ0) is 12.2. The molecule has 0 spiro atoms. The third kappa shape index (κ3) is 2.53. The fourth-order valence-electron chi connectivity index (χ4n) is 1.80. The van der Waals surface area contributed by atoms with Crippen LogP contribution in [0.5, 0.6) is 0 Å². The van der Waals surface area contributed by atoms with Crippen molar-refractivity contribution < 1.29 is 14.6 Å². The van der Waals surface area contributed by atoms with E-state index in [0.29, 0.717) is 32.7 Å². The predicted octanol–water partition coefficient (Wildman–Crippen LogP) is -0.419. The smallest absolute Gasteiger partial charge is 0.230 e. The molecule has 0 aromatic rings. The van der Waals surface area contributed by atoms with Gasteiger partial charge in [0.2, 0.25) is 5.91 Å². The van der Waals surface area contributed by atoms with Crippen molar-refractivity contribution in [2.75, 3.05) is 32.9 Å². The monoisotopic (exact) mass is 230 g/mol. The molecule has 1 aliphatic heterocycles. The van der Waals surface area contributed by atoms with Crippen LogP contribution in [0.3, 0.4) is 0 Å². The molecule has 1 aliphatic rings. The molecule has 1 fully saturated rings. The molecule has 1 saturated heterocycles. The summed E-state index contributed by atoms with van der Waals surface area (Å²) >= 11 is 0. The van der Waals surface area contributed by atoms with E-state index in [2.05, 4.69) is 0 Å². The van der Waals surface area contributed by atoms with Crippen LogP contribution in [0.25, 0.3) is 0 Å². The molecule has 5 heteroatoms. The van der Waals surface area contributed by atoms with Crippen molar-refractivity contribution in [1.29, 1.82) is 0 Å². The summed E-state index contributed by atoms with van der Waals surface area (Å²) in [6.07, 6.45) is 0.706. The number of hydrogen-bond acceptors (Lipinski definition) is 4. The molecular formula is C11H22N2O3. The Morgan fingerprint density at radius 3 is 2.88 bits per heavy atom. The van der Waals surface area contributed by atoms with E-state index in [1.165, 1.54) is 0 Å². The number of rotatable bonds is 4. The number of carbonyl (C=O) groups excluding carboxylic acids is 1. The second-order valence-corrected chi connectivity index (χ2v) is 4.53. The Morgan fingerprint density at radius 1 is 1.69 bits per heavy atom. The molecule has 94 valence electrons. The molecule has 5 nitrogen and oxygen atoms in total. The van der Waals surface area contributed by atoms with E-state index in [4.69, 9.17) is 10.5 Å². The number of ether oxygens (including phenoxy) is 1. The number of nitrogens with two attached hydrogens (primary N) is 1. The number of carbonyl (C=O) groups is 1. The molecule has 0 aromatic heterocycles. The fourth-order valence-corrected chi connectivity index (χ4v) is 1.80. The van der Waals surface area contributed by atoms with Crippen molar-refractivity contribution in [1.82, 2.24) is 4.90 Å². The van der Waals surface area contributed by atoms with Gasteiger partial charge in [0.1, 0.15) is 0 Å². The lowest BCUT2D eigenvalue weighted by Gasteiger charge is -2.40. The Morgan fingerprint density at radius 2 is 2.38 bits per heavy atom. The highest BCUT2D eigenvalue weighted by Crippen LogP contribution is 2.24. The number of morpholine rings is 1. The van der Waals surface area contributed by atoms with E-state index in [0.717, 1.165) is 0 Å². The van der Waals surface area contributed by atoms with Gasteiger partial charge >= 0.3 is 0 Å². The normalized spacial score (nSPS) is 25.2. The third-order valence-electron chi connectivity index (χ3n) is 3.45. The van der Waals surface area contributed by atoms with Crippen molar-refractivity contribution in [2.45, 2.75) is 26.3 Å². The van der Waals surface area contributed by atoms with Gasteiger partial charge in [-0.1, -0.05) is 6.92 Å². The standard InChI is InChI=1S/C11H22N2O3/c1-3-11(2,8-12)10(15)13-4-5-16-7-9(13)6-14/h9,14H,3-8,12H2,1-2H3. The summed E-state index contributed by atoms with van der Waals surface area (Å²) in [5.41, 5.74) is 5.15. The first-order valence-corrected chi connectivity index (χ1v) is 5.78. The van der Waals surface area contributed by atoms with Crippen LogP contribution in [0, 0.1) is 5.41 Å². The van der Waals surface area contributed by atoms with E-state index < -0.39 is 5.41 Å². The van der Waals surface area contributed by atoms with Crippen molar-refractivity contribution in [3.05, 3.63) is 0 Å². The zero-order valence-electron chi connectivity index (χ0n) is 10.1. The Kier molecular flexibility index (Phi) is 4.70. The minimum absolute atomic E-state index is 0.0276. The summed E-state index contributed by atoms with van der Waals surface area (Å²) in [4.78, 5) is 14.0. The van der Waals surface area contributed by atoms with E-state index in [1.54, 1.807) is 4.90 Å². The summed E-state index contributed by atoms with van der Waals surface area (Å²) < 4.78 is 5.25. The summed E-state index contributed by atoms with van der Waals surface area (Å²) in [5, 5.41) is 9.22. The van der Waals surface area contributed by atoms with Gasteiger partial charge in [0.25, 0.3) is 0 Å². The topological polar surface area (TPSA) is 75.8 Å². The first-order valence-electron chi connectivity index (χ1n) is 5.78. The Balaban J connectivity index is 2.77. The van der Waals surface area contributed by atoms with E-state index in [-0.39, 0.29) is 18.6 Å². The van der Waals surface area contributed by atoms with E-state index in [9.17, 15) is 9.90 Å². The number of nitrogens with zero attached hydrogens (tertiary/aromatic N) is 1. The molecule has 0 radical (unpaired) electrons. The van der Waals surface area contributed by atoms with Gasteiger partial charge in [-0.25, -0.2) is 0 Å². The van der Waals surface area contributed by atoms with Crippen molar-refractivity contribution in [3.8, 4) is 0 Å². The van der Waals surface area contributed by atoms with Gasteiger partial charge in [0, 0.05) is 13.1 Å². The molecule has 0 aromatic carbocycles. The van der Waals surface area contributed by atoms with Crippen molar-refractivity contribution in [3.63, 3.8) is 0 Å². The van der Waals surface area contributed by atoms with Crippen molar-refractivity contribution >= 4 is 5.91 Å². The molecule has 0 bridgehead atoms. The average molecular weight is 230 g/mol. The second kappa shape index (κ2) is 5.61. The molecule has 1 rings (SSSR count). The maximum absolute atomic E-state index is 12.3. The van der Waals surface area contributed by atoms with Crippen LogP contribution in [0.4, 0.5) is 0 Å². The lowest BCUT2D eigenvalue weighted by molar-refractivity contribution is -0.151. The van der Waals surface area contributed by atoms with Crippen LogP contribution in [0.15, 0.2) is 0 Å². The highest BCUT2D eigenvalue weighted by Gasteiger charge is 2.37. The SMILES string of the molecule is CCC(C)(CN)C(=O)N1CCOCC1CO. The molecule has 2 atom stereocenters. The first-order chi connectivity index (χ1) is 7.59. The average Bonchev–Trinajstić information content (AvgIpc) is 2.36. The van der Waals surface area contributed by atoms with Gasteiger partial charge in [-0.3, -0.25) is 4.79 Å². The van der Waals surface area contributed by atoms with Gasteiger partial charge in [0.05, 0.1) is 31.3 Å². The molecule has 2 unspecified atom stereocenters. The molecule has 3 N–H and O–H groups in total. The van der Waals surface area contributed by atoms with Crippen LogP contribution in [0.2, 0.25) is 0 Å². The van der Waals surface area contributed by atoms with Gasteiger partial charge in [0.15, 0.2) is 0 Å². The molecule has 16 heavy (non-hydrogen) atoms. The predicted molar refractivity (Wildman–Crippen MR) is 60.9 cm³/mol. The summed E-state index contributed by atoms with van der Waals surface area (Å²) in [5.74, 6) is 0.0276. The summed E-state index contributed by atoms with van der Waals surface area (Å²) in [6, 6.07) is -0.223. The van der Waals surface area contributed by atoms with Crippen LogP contribution in [0.1, 0.15) is 20.3 Å². The minimum Gasteiger partial charge on any atom is -0.394 e. The molecule has 1 heterocycles. The first kappa shape index (κ1) is 13.4. The summed E-state index contributed by atoms with van der Waals surface area (Å²) in [6.45, 7) is 5.59. The Hall–Kier alpha value is -0.650. The number of aliphatic hydroxyl groups excluding tert-OH is 1. The number of hydrogen-bond donors (Lipinski definition) is 2. The third-order valence-corrected chi connectivity index (χ3v) is 3.45. The van der Waals surface area contributed by atoms with Crippen LogP contribution < -0.4 is 5.73 Å². The maximum atomic E-state index is 12.3. The highest BCUT2D eigenvalue weighted by atomic mass is 16.5. The lowest BCUT2D eigenvalue weighted by Crippen LogP contribution is -2.56. The van der Waals surface area contributed by atoms with Crippen LogP contribution >= 0.6 is 0 Å². The second-order valence-electron chi connectivity index (χ2n) is 4.53. The Labute approximate surface area is 96.6 Å².